The Bertz CT molecular complexity index is 923. The van der Waals surface area contributed by atoms with Gasteiger partial charge in [-0.25, -0.2) is 0 Å². The van der Waals surface area contributed by atoms with E-state index in [4.69, 9.17) is 0 Å². The summed E-state index contributed by atoms with van der Waals surface area (Å²) in [6.45, 7) is 4.29. The van der Waals surface area contributed by atoms with Gasteiger partial charge in [-0.3, -0.25) is 24.3 Å². The zero-order valence-electron chi connectivity index (χ0n) is 15.8. The number of carbonyl (C=O) groups excluding carboxylic acids is 3. The quantitative estimate of drug-likeness (QED) is 0.745. The van der Waals surface area contributed by atoms with Crippen LogP contribution < -0.4 is 5.32 Å². The van der Waals surface area contributed by atoms with E-state index in [0.29, 0.717) is 23.2 Å². The van der Waals surface area contributed by atoms with Crippen LogP contribution in [0.4, 0.5) is 0 Å². The lowest BCUT2D eigenvalue weighted by molar-refractivity contribution is 0.0639. The van der Waals surface area contributed by atoms with Gasteiger partial charge in [0, 0.05) is 43.6 Å². The first-order valence-electron chi connectivity index (χ1n) is 8.97. The summed E-state index contributed by atoms with van der Waals surface area (Å²) in [5.74, 6) is -0.809. The second kappa shape index (κ2) is 9.35. The molecule has 4 rings (SSSR count). The summed E-state index contributed by atoms with van der Waals surface area (Å²) in [5, 5.41) is 3.25. The molecular formula is C20H22Cl2N4O3. The molecule has 3 heterocycles. The van der Waals surface area contributed by atoms with Crippen molar-refractivity contribution in [1.82, 2.24) is 20.1 Å². The van der Waals surface area contributed by atoms with Gasteiger partial charge in [0.15, 0.2) is 0 Å². The summed E-state index contributed by atoms with van der Waals surface area (Å²) in [6, 6.07) is 8.40. The molecule has 1 unspecified atom stereocenters. The molecule has 29 heavy (non-hydrogen) atoms. The number of rotatable bonds is 3. The molecule has 3 amide bonds. The molecule has 0 bridgehead atoms. The fraction of sp³-hybridized carbons (Fsp3) is 0.300. The van der Waals surface area contributed by atoms with Gasteiger partial charge < -0.3 is 10.2 Å². The fourth-order valence-electron chi connectivity index (χ4n) is 3.55. The van der Waals surface area contributed by atoms with E-state index in [-0.39, 0.29) is 55.1 Å². The highest BCUT2D eigenvalue weighted by molar-refractivity contribution is 6.22. The van der Waals surface area contributed by atoms with Crippen molar-refractivity contribution in [1.29, 1.82) is 0 Å². The normalized spacial score (nSPS) is 18.0. The maximum absolute atomic E-state index is 12.9. The van der Waals surface area contributed by atoms with E-state index in [1.54, 1.807) is 47.6 Å². The second-order valence-corrected chi connectivity index (χ2v) is 6.86. The van der Waals surface area contributed by atoms with Crippen molar-refractivity contribution in [3.8, 4) is 0 Å². The molecular weight excluding hydrogens is 415 g/mol. The largest absolute Gasteiger partial charge is 0.333 e. The topological polar surface area (TPSA) is 82.6 Å². The van der Waals surface area contributed by atoms with Gasteiger partial charge in [0.05, 0.1) is 17.7 Å². The number of nitrogens with one attached hydrogen (secondary N) is 1. The van der Waals surface area contributed by atoms with Crippen molar-refractivity contribution in [2.45, 2.75) is 19.5 Å². The molecule has 2 aromatic rings. The van der Waals surface area contributed by atoms with Crippen molar-refractivity contribution in [3.05, 3.63) is 65.0 Å². The van der Waals surface area contributed by atoms with E-state index in [9.17, 15) is 14.4 Å². The number of halogens is 2. The number of nitrogens with zero attached hydrogens (tertiary/aromatic N) is 3. The lowest BCUT2D eigenvalue weighted by Crippen LogP contribution is -2.52. The fourth-order valence-corrected chi connectivity index (χ4v) is 3.55. The molecule has 7 nitrogen and oxygen atoms in total. The van der Waals surface area contributed by atoms with Gasteiger partial charge in [-0.2, -0.15) is 0 Å². The third kappa shape index (κ3) is 4.27. The molecule has 1 aromatic carbocycles. The number of pyridine rings is 1. The Balaban J connectivity index is 0.00000150. The molecule has 1 saturated heterocycles. The summed E-state index contributed by atoms with van der Waals surface area (Å²) in [5.41, 5.74) is 1.90. The molecule has 1 N–H and O–H groups in total. The molecule has 0 spiro atoms. The van der Waals surface area contributed by atoms with Gasteiger partial charge in [0.1, 0.15) is 0 Å². The van der Waals surface area contributed by atoms with Crippen molar-refractivity contribution in [2.75, 3.05) is 19.6 Å². The minimum Gasteiger partial charge on any atom is -0.333 e. The molecule has 9 heteroatoms. The average molecular weight is 437 g/mol. The van der Waals surface area contributed by atoms with Gasteiger partial charge in [0.25, 0.3) is 17.7 Å². The van der Waals surface area contributed by atoms with Crippen LogP contribution >= 0.6 is 24.8 Å². The molecule has 0 aliphatic carbocycles. The lowest BCUT2D eigenvalue weighted by atomic mass is 10.0. The van der Waals surface area contributed by atoms with Crippen LogP contribution in [0, 0.1) is 0 Å². The number of aromatic nitrogens is 1. The van der Waals surface area contributed by atoms with Gasteiger partial charge in [-0.1, -0.05) is 0 Å². The zero-order valence-corrected chi connectivity index (χ0v) is 17.5. The van der Waals surface area contributed by atoms with Crippen LogP contribution in [0.5, 0.6) is 0 Å². The average Bonchev–Trinajstić information content (AvgIpc) is 2.93. The summed E-state index contributed by atoms with van der Waals surface area (Å²) >= 11 is 0. The third-order valence-corrected chi connectivity index (χ3v) is 5.07. The van der Waals surface area contributed by atoms with E-state index in [1.807, 2.05) is 6.92 Å². The van der Waals surface area contributed by atoms with Gasteiger partial charge >= 0.3 is 0 Å². The molecule has 154 valence electrons. The van der Waals surface area contributed by atoms with Crippen LogP contribution in [0.2, 0.25) is 0 Å². The highest BCUT2D eigenvalue weighted by Gasteiger charge is 2.36. The van der Waals surface area contributed by atoms with Crippen molar-refractivity contribution in [2.24, 2.45) is 0 Å². The van der Waals surface area contributed by atoms with E-state index in [2.05, 4.69) is 10.3 Å². The lowest BCUT2D eigenvalue weighted by Gasteiger charge is -2.34. The van der Waals surface area contributed by atoms with Gasteiger partial charge in [-0.15, -0.1) is 24.8 Å². The van der Waals surface area contributed by atoms with E-state index < -0.39 is 0 Å². The van der Waals surface area contributed by atoms with Crippen LogP contribution in [0.25, 0.3) is 0 Å². The number of amides is 3. The predicted octanol–water partition coefficient (Wildman–Crippen LogP) is 2.16. The Morgan fingerprint density at radius 1 is 1.10 bits per heavy atom. The summed E-state index contributed by atoms with van der Waals surface area (Å²) in [7, 11) is 0. The molecule has 0 saturated carbocycles. The van der Waals surface area contributed by atoms with Crippen molar-refractivity contribution < 1.29 is 14.4 Å². The van der Waals surface area contributed by atoms with E-state index in [1.165, 1.54) is 4.90 Å². The Morgan fingerprint density at radius 3 is 2.48 bits per heavy atom. The number of piperazine rings is 1. The maximum atomic E-state index is 12.9. The molecule has 1 fully saturated rings. The summed E-state index contributed by atoms with van der Waals surface area (Å²) in [4.78, 5) is 45.2. The van der Waals surface area contributed by atoms with Crippen molar-refractivity contribution in [3.63, 3.8) is 0 Å². The minimum absolute atomic E-state index is 0. The SMILES string of the molecule is CC1CNCCN1C(=O)c1ccc2c(c1)C(=O)N(Cc1ccncc1)C2=O.Cl.Cl. The number of fused-ring (bicyclic) bond motifs is 1. The highest BCUT2D eigenvalue weighted by Crippen LogP contribution is 2.26. The summed E-state index contributed by atoms with van der Waals surface area (Å²) in [6.07, 6.45) is 3.25. The van der Waals surface area contributed by atoms with Crippen LogP contribution in [0.3, 0.4) is 0 Å². The molecule has 0 radical (unpaired) electrons. The number of imide groups is 1. The number of carbonyl (C=O) groups is 3. The van der Waals surface area contributed by atoms with E-state index in [0.717, 1.165) is 18.7 Å². The Morgan fingerprint density at radius 2 is 1.79 bits per heavy atom. The molecule has 2 aliphatic rings. The number of hydrogen-bond donors (Lipinski definition) is 1. The summed E-state index contributed by atoms with van der Waals surface area (Å²) < 4.78 is 0. The van der Waals surface area contributed by atoms with Crippen LogP contribution in [0.15, 0.2) is 42.7 Å². The van der Waals surface area contributed by atoms with Crippen molar-refractivity contribution >= 4 is 42.5 Å². The maximum Gasteiger partial charge on any atom is 0.261 e. The van der Waals surface area contributed by atoms with Crippen LogP contribution in [-0.2, 0) is 6.54 Å². The smallest absolute Gasteiger partial charge is 0.261 e. The number of hydrogen-bond acceptors (Lipinski definition) is 5. The standard InChI is InChI=1S/C20H20N4O3.2ClH/c1-13-11-22-8-9-23(13)18(25)15-2-3-16-17(10-15)20(27)24(19(16)26)12-14-4-6-21-7-5-14;;/h2-7,10,13,22H,8-9,11-12H2,1H3;2*1H. The number of benzene rings is 1. The van der Waals surface area contributed by atoms with Gasteiger partial charge in [0.2, 0.25) is 0 Å². The monoisotopic (exact) mass is 436 g/mol. The molecule has 1 aromatic heterocycles. The Hall–Kier alpha value is -2.48. The van der Waals surface area contributed by atoms with E-state index >= 15 is 0 Å². The van der Waals surface area contributed by atoms with Crippen LogP contribution in [-0.4, -0.2) is 58.2 Å². The van der Waals surface area contributed by atoms with Gasteiger partial charge in [-0.05, 0) is 42.8 Å². The second-order valence-electron chi connectivity index (χ2n) is 6.86. The third-order valence-electron chi connectivity index (χ3n) is 5.07. The minimum atomic E-state index is -0.366. The first-order chi connectivity index (χ1) is 13.1. The molecule has 1 atom stereocenters. The Labute approximate surface area is 181 Å². The van der Waals surface area contributed by atoms with Crippen LogP contribution in [0.1, 0.15) is 43.6 Å². The zero-order chi connectivity index (χ0) is 19.0. The first-order valence-corrected chi connectivity index (χ1v) is 8.97. The first kappa shape index (κ1) is 22.8. The Kier molecular flexibility index (Phi) is 7.35. The molecule has 2 aliphatic heterocycles. The predicted molar refractivity (Wildman–Crippen MR) is 113 cm³/mol. The highest BCUT2D eigenvalue weighted by atomic mass is 35.5.